The van der Waals surface area contributed by atoms with Gasteiger partial charge >= 0.3 is 0 Å². The maximum atomic E-state index is 6.35. The number of aromatic nitrogens is 3. The summed E-state index contributed by atoms with van der Waals surface area (Å²) >= 11 is 0. The SMILES string of the molecule is c1ccc(-c2cc(-c3cccc(-c4cccnc4)c3)nc(-c3cc(-c4ccc5c(c4)oc4ccccc45)cc(-c4ccc5c(c4)oc4ccccc45)c3)n2)cc1. The molecule has 7 aromatic carbocycles. The summed E-state index contributed by atoms with van der Waals surface area (Å²) in [5, 5.41) is 4.39. The zero-order valence-corrected chi connectivity index (χ0v) is 30.1. The van der Waals surface area contributed by atoms with Crippen LogP contribution in [0.15, 0.2) is 197 Å². The normalized spacial score (nSPS) is 11.6. The van der Waals surface area contributed by atoms with E-state index in [4.69, 9.17) is 18.8 Å². The Morgan fingerprint density at radius 1 is 0.304 bits per heavy atom. The highest BCUT2D eigenvalue weighted by atomic mass is 16.3. The van der Waals surface area contributed by atoms with E-state index in [-0.39, 0.29) is 0 Å². The Morgan fingerprint density at radius 2 is 0.804 bits per heavy atom. The average molecular weight is 718 g/mol. The second-order valence-electron chi connectivity index (χ2n) is 14.1. The molecule has 0 N–H and O–H groups in total. The fourth-order valence-electron chi connectivity index (χ4n) is 7.77. The van der Waals surface area contributed by atoms with Gasteiger partial charge in [-0.3, -0.25) is 4.98 Å². The molecule has 11 aromatic rings. The van der Waals surface area contributed by atoms with Crippen LogP contribution in [0.1, 0.15) is 0 Å². The fourth-order valence-corrected chi connectivity index (χ4v) is 7.77. The minimum Gasteiger partial charge on any atom is -0.456 e. The summed E-state index contributed by atoms with van der Waals surface area (Å²) in [7, 11) is 0. The molecule has 4 heterocycles. The molecule has 0 unspecified atom stereocenters. The van der Waals surface area contributed by atoms with E-state index in [1.165, 1.54) is 0 Å². The summed E-state index contributed by atoms with van der Waals surface area (Å²) in [6.07, 6.45) is 3.68. The molecule has 262 valence electrons. The van der Waals surface area contributed by atoms with Gasteiger partial charge in [0.15, 0.2) is 5.82 Å². The molecule has 5 heteroatoms. The Kier molecular flexibility index (Phi) is 7.42. The van der Waals surface area contributed by atoms with Crippen LogP contribution in [0, 0.1) is 0 Å². The lowest BCUT2D eigenvalue weighted by atomic mass is 9.94. The van der Waals surface area contributed by atoms with E-state index in [0.29, 0.717) is 5.82 Å². The molecule has 0 radical (unpaired) electrons. The van der Waals surface area contributed by atoms with Gasteiger partial charge < -0.3 is 8.83 Å². The van der Waals surface area contributed by atoms with Gasteiger partial charge in [0, 0.05) is 56.2 Å². The summed E-state index contributed by atoms with van der Waals surface area (Å²) in [6, 6.07) is 60.8. The average Bonchev–Trinajstić information content (AvgIpc) is 3.84. The Morgan fingerprint density at radius 3 is 1.45 bits per heavy atom. The molecule has 0 aliphatic carbocycles. The predicted molar refractivity (Wildman–Crippen MR) is 227 cm³/mol. The highest BCUT2D eigenvalue weighted by molar-refractivity contribution is 6.07. The van der Waals surface area contributed by atoms with Gasteiger partial charge in [-0.05, 0) is 101 Å². The first-order chi connectivity index (χ1) is 27.7. The largest absolute Gasteiger partial charge is 0.456 e. The molecule has 0 saturated heterocycles. The van der Waals surface area contributed by atoms with E-state index in [1.54, 1.807) is 6.20 Å². The van der Waals surface area contributed by atoms with Gasteiger partial charge in [0.25, 0.3) is 0 Å². The van der Waals surface area contributed by atoms with E-state index in [0.717, 1.165) is 105 Å². The van der Waals surface area contributed by atoms with Crippen molar-refractivity contribution in [1.82, 2.24) is 15.0 Å². The molecule has 0 saturated carbocycles. The second-order valence-corrected chi connectivity index (χ2v) is 14.1. The quantitative estimate of drug-likeness (QED) is 0.171. The number of para-hydroxylation sites is 2. The number of hydrogen-bond donors (Lipinski definition) is 0. The lowest BCUT2D eigenvalue weighted by Crippen LogP contribution is -1.97. The number of fused-ring (bicyclic) bond motifs is 6. The minimum absolute atomic E-state index is 0.630. The Hall–Kier alpha value is -7.63. The molecule has 0 bridgehead atoms. The van der Waals surface area contributed by atoms with Crippen molar-refractivity contribution in [3.8, 4) is 67.3 Å². The van der Waals surface area contributed by atoms with Crippen LogP contribution in [0.25, 0.3) is 111 Å². The first-order valence-electron chi connectivity index (χ1n) is 18.6. The third-order valence-electron chi connectivity index (χ3n) is 10.6. The van der Waals surface area contributed by atoms with Gasteiger partial charge in [0.05, 0.1) is 11.4 Å². The van der Waals surface area contributed by atoms with Crippen molar-refractivity contribution >= 4 is 43.9 Å². The summed E-state index contributed by atoms with van der Waals surface area (Å²) in [4.78, 5) is 14.9. The summed E-state index contributed by atoms with van der Waals surface area (Å²) < 4.78 is 12.7. The molecule has 0 spiro atoms. The van der Waals surface area contributed by atoms with E-state index in [2.05, 4.69) is 120 Å². The fraction of sp³-hybridized carbons (Fsp3) is 0. The molecule has 0 amide bonds. The van der Waals surface area contributed by atoms with Crippen LogP contribution < -0.4 is 0 Å². The molecule has 0 aliphatic rings. The van der Waals surface area contributed by atoms with Crippen LogP contribution >= 0.6 is 0 Å². The number of rotatable bonds is 6. The maximum absolute atomic E-state index is 6.35. The molecule has 0 aliphatic heterocycles. The van der Waals surface area contributed by atoms with Crippen LogP contribution in [0.4, 0.5) is 0 Å². The molecule has 0 atom stereocenters. The van der Waals surface area contributed by atoms with Crippen molar-refractivity contribution in [3.05, 3.63) is 188 Å². The lowest BCUT2D eigenvalue weighted by Gasteiger charge is -2.13. The van der Waals surface area contributed by atoms with E-state index >= 15 is 0 Å². The van der Waals surface area contributed by atoms with Gasteiger partial charge in [-0.2, -0.15) is 0 Å². The number of benzene rings is 7. The second kappa shape index (κ2) is 13.0. The van der Waals surface area contributed by atoms with Crippen molar-refractivity contribution in [2.45, 2.75) is 0 Å². The Labute approximate surface area is 322 Å². The smallest absolute Gasteiger partial charge is 0.160 e. The summed E-state index contributed by atoms with van der Waals surface area (Å²) in [6.45, 7) is 0. The van der Waals surface area contributed by atoms with Gasteiger partial charge in [0.1, 0.15) is 22.3 Å². The minimum atomic E-state index is 0.630. The molecular weight excluding hydrogens is 687 g/mol. The Bertz CT molecular complexity index is 3120. The lowest BCUT2D eigenvalue weighted by molar-refractivity contribution is 0.668. The van der Waals surface area contributed by atoms with Crippen LogP contribution in [-0.2, 0) is 0 Å². The van der Waals surface area contributed by atoms with Crippen molar-refractivity contribution in [2.24, 2.45) is 0 Å². The topological polar surface area (TPSA) is 65.0 Å². The van der Waals surface area contributed by atoms with Crippen LogP contribution in [-0.4, -0.2) is 15.0 Å². The first-order valence-corrected chi connectivity index (χ1v) is 18.6. The standard InChI is InChI=1S/C51H31N3O2/c1-2-10-32(11-3-1)45-30-46(36-13-8-12-33(24-36)37-14-9-23-52-31-37)54-51(53-45)40-26-38(34-19-21-43-41-15-4-6-17-47(41)55-49(43)28-34)25-39(27-40)35-20-22-44-42-16-5-7-18-48(42)56-50(44)29-35/h1-31H. The van der Waals surface area contributed by atoms with E-state index < -0.39 is 0 Å². The number of pyridine rings is 1. The summed E-state index contributed by atoms with van der Waals surface area (Å²) in [5.74, 6) is 0.630. The molecule has 11 rings (SSSR count). The predicted octanol–water partition coefficient (Wildman–Crippen LogP) is 13.7. The first kappa shape index (κ1) is 31.9. The number of nitrogens with zero attached hydrogens (tertiary/aromatic N) is 3. The van der Waals surface area contributed by atoms with Gasteiger partial charge in [-0.25, -0.2) is 9.97 Å². The van der Waals surface area contributed by atoms with Gasteiger partial charge in [-0.1, -0.05) is 103 Å². The molecule has 4 aromatic heterocycles. The third kappa shape index (κ3) is 5.62. The molecule has 5 nitrogen and oxygen atoms in total. The van der Waals surface area contributed by atoms with Crippen LogP contribution in [0.2, 0.25) is 0 Å². The highest BCUT2D eigenvalue weighted by Gasteiger charge is 2.17. The highest BCUT2D eigenvalue weighted by Crippen LogP contribution is 2.39. The number of furan rings is 2. The zero-order chi connectivity index (χ0) is 37.0. The zero-order valence-electron chi connectivity index (χ0n) is 30.1. The summed E-state index contributed by atoms with van der Waals surface area (Å²) in [5.41, 5.74) is 14.3. The van der Waals surface area contributed by atoms with Crippen molar-refractivity contribution in [3.63, 3.8) is 0 Å². The molecule has 0 fully saturated rings. The molecular formula is C51H31N3O2. The van der Waals surface area contributed by atoms with Crippen molar-refractivity contribution in [1.29, 1.82) is 0 Å². The maximum Gasteiger partial charge on any atom is 0.160 e. The van der Waals surface area contributed by atoms with Gasteiger partial charge in [-0.15, -0.1) is 0 Å². The number of hydrogen-bond acceptors (Lipinski definition) is 5. The van der Waals surface area contributed by atoms with E-state index in [9.17, 15) is 0 Å². The van der Waals surface area contributed by atoms with Gasteiger partial charge in [0.2, 0.25) is 0 Å². The van der Waals surface area contributed by atoms with Crippen molar-refractivity contribution in [2.75, 3.05) is 0 Å². The van der Waals surface area contributed by atoms with Crippen LogP contribution in [0.5, 0.6) is 0 Å². The monoisotopic (exact) mass is 717 g/mol. The Balaban J connectivity index is 1.12. The van der Waals surface area contributed by atoms with Crippen molar-refractivity contribution < 1.29 is 8.83 Å². The third-order valence-corrected chi connectivity index (χ3v) is 10.6. The molecule has 56 heavy (non-hydrogen) atoms. The van der Waals surface area contributed by atoms with E-state index in [1.807, 2.05) is 66.9 Å². The van der Waals surface area contributed by atoms with Crippen LogP contribution in [0.3, 0.4) is 0 Å².